The summed E-state index contributed by atoms with van der Waals surface area (Å²) in [7, 11) is 0. The molecule has 0 aliphatic carbocycles. The Morgan fingerprint density at radius 3 is 2.84 bits per heavy atom. The fourth-order valence-electron chi connectivity index (χ4n) is 2.18. The molecule has 0 aromatic heterocycles. The molecule has 1 saturated heterocycles. The van der Waals surface area contributed by atoms with Crippen LogP contribution >= 0.6 is 0 Å². The van der Waals surface area contributed by atoms with Crippen molar-refractivity contribution in [1.29, 1.82) is 0 Å². The largest absolute Gasteiger partial charge is 0.492 e. The Hall–Kier alpha value is -1.59. The molecule has 1 atom stereocenters. The van der Waals surface area contributed by atoms with Crippen LogP contribution in [-0.4, -0.2) is 31.6 Å². The molecule has 1 aromatic carbocycles. The Balaban J connectivity index is 1.79. The fraction of sp³-hybridized carbons (Fsp3) is 0.500. The third-order valence-electron chi connectivity index (χ3n) is 3.12. The quantitative estimate of drug-likeness (QED) is 0.718. The number of anilines is 1. The van der Waals surface area contributed by atoms with E-state index >= 15 is 0 Å². The summed E-state index contributed by atoms with van der Waals surface area (Å²) in [6.07, 6.45) is 2.77. The highest BCUT2D eigenvalue weighted by Crippen LogP contribution is 2.16. The van der Waals surface area contributed by atoms with E-state index < -0.39 is 0 Å². The number of hydrogen-bond acceptors (Lipinski definition) is 4. The van der Waals surface area contributed by atoms with Crippen LogP contribution in [0.1, 0.15) is 19.3 Å². The Morgan fingerprint density at radius 1 is 1.42 bits per heavy atom. The van der Waals surface area contributed by atoms with E-state index in [1.807, 2.05) is 24.3 Å². The van der Waals surface area contributed by atoms with Gasteiger partial charge in [-0.05, 0) is 43.7 Å². The van der Waals surface area contributed by atoms with Crippen LogP contribution < -0.4 is 21.1 Å². The number of amides is 1. The smallest absolute Gasteiger partial charge is 0.225 e. The predicted octanol–water partition coefficient (Wildman–Crippen LogP) is 1.10. The van der Waals surface area contributed by atoms with Crippen molar-refractivity contribution in [2.45, 2.75) is 25.3 Å². The Labute approximate surface area is 113 Å². The molecule has 1 fully saturated rings. The van der Waals surface area contributed by atoms with Gasteiger partial charge in [0.15, 0.2) is 0 Å². The van der Waals surface area contributed by atoms with E-state index in [4.69, 9.17) is 10.5 Å². The molecular formula is C14H21N3O2. The molecule has 1 amide bonds. The minimum absolute atomic E-state index is 0.0510. The highest BCUT2D eigenvalue weighted by molar-refractivity contribution is 5.91. The van der Waals surface area contributed by atoms with Gasteiger partial charge in [-0.1, -0.05) is 0 Å². The first-order valence-electron chi connectivity index (χ1n) is 6.74. The molecule has 0 radical (unpaired) electrons. The third-order valence-corrected chi connectivity index (χ3v) is 3.12. The average molecular weight is 263 g/mol. The maximum absolute atomic E-state index is 11.8. The number of ether oxygens (including phenoxy) is 1. The lowest BCUT2D eigenvalue weighted by Crippen LogP contribution is -2.27. The van der Waals surface area contributed by atoms with E-state index in [9.17, 15) is 4.79 Å². The average Bonchev–Trinajstić information content (AvgIpc) is 2.90. The van der Waals surface area contributed by atoms with Crippen LogP contribution in [0, 0.1) is 0 Å². The standard InChI is InChI=1S/C14H21N3O2/c15-7-9-19-13-5-3-11(4-6-13)17-14(18)10-12-2-1-8-16-12/h3-6,12,16H,1-2,7-10,15H2,(H,17,18). The molecule has 0 spiro atoms. The number of carbonyl (C=O) groups excluding carboxylic acids is 1. The number of carbonyl (C=O) groups is 1. The van der Waals surface area contributed by atoms with Gasteiger partial charge in [-0.25, -0.2) is 0 Å². The van der Waals surface area contributed by atoms with Crippen molar-refractivity contribution < 1.29 is 9.53 Å². The van der Waals surface area contributed by atoms with Crippen molar-refractivity contribution in [2.24, 2.45) is 5.73 Å². The van der Waals surface area contributed by atoms with Crippen LogP contribution in [0.5, 0.6) is 5.75 Å². The molecule has 0 saturated carbocycles. The van der Waals surface area contributed by atoms with Gasteiger partial charge < -0.3 is 21.1 Å². The second kappa shape index (κ2) is 7.11. The molecule has 2 rings (SSSR count). The number of benzene rings is 1. The maximum Gasteiger partial charge on any atom is 0.225 e. The first-order valence-corrected chi connectivity index (χ1v) is 6.74. The van der Waals surface area contributed by atoms with Gasteiger partial charge in [0.05, 0.1) is 0 Å². The van der Waals surface area contributed by atoms with E-state index in [2.05, 4.69) is 10.6 Å². The number of hydrogen-bond donors (Lipinski definition) is 3. The zero-order chi connectivity index (χ0) is 13.5. The zero-order valence-electron chi connectivity index (χ0n) is 11.0. The summed E-state index contributed by atoms with van der Waals surface area (Å²) in [6, 6.07) is 7.67. The fourth-order valence-corrected chi connectivity index (χ4v) is 2.18. The van der Waals surface area contributed by atoms with Crippen LogP contribution in [0.2, 0.25) is 0 Å². The molecule has 1 aromatic rings. The van der Waals surface area contributed by atoms with Gasteiger partial charge >= 0.3 is 0 Å². The second-order valence-corrected chi connectivity index (χ2v) is 4.71. The Kier molecular flexibility index (Phi) is 5.18. The van der Waals surface area contributed by atoms with Crippen LogP contribution in [0.3, 0.4) is 0 Å². The summed E-state index contributed by atoms with van der Waals surface area (Å²) in [6.45, 7) is 2.01. The van der Waals surface area contributed by atoms with Gasteiger partial charge in [0.2, 0.25) is 5.91 Å². The summed E-state index contributed by atoms with van der Waals surface area (Å²) in [5.74, 6) is 0.816. The first-order chi connectivity index (χ1) is 9.28. The molecule has 1 aliphatic heterocycles. The van der Waals surface area contributed by atoms with Crippen molar-refractivity contribution >= 4 is 11.6 Å². The van der Waals surface area contributed by atoms with E-state index in [1.165, 1.54) is 0 Å². The van der Waals surface area contributed by atoms with E-state index in [0.29, 0.717) is 25.6 Å². The van der Waals surface area contributed by atoms with Crippen molar-refractivity contribution in [3.8, 4) is 5.75 Å². The minimum atomic E-state index is 0.0510. The number of nitrogens with one attached hydrogen (secondary N) is 2. The normalized spacial score (nSPS) is 18.3. The van der Waals surface area contributed by atoms with Crippen molar-refractivity contribution in [3.63, 3.8) is 0 Å². The molecule has 19 heavy (non-hydrogen) atoms. The van der Waals surface area contributed by atoms with Crippen LogP contribution in [-0.2, 0) is 4.79 Å². The molecule has 5 nitrogen and oxygen atoms in total. The molecule has 1 aliphatic rings. The first kappa shape index (κ1) is 13.8. The van der Waals surface area contributed by atoms with Gasteiger partial charge in [0.25, 0.3) is 0 Å². The molecule has 1 unspecified atom stereocenters. The maximum atomic E-state index is 11.8. The summed E-state index contributed by atoms with van der Waals surface area (Å²) in [5.41, 5.74) is 6.16. The summed E-state index contributed by atoms with van der Waals surface area (Å²) >= 11 is 0. The van der Waals surface area contributed by atoms with Crippen molar-refractivity contribution in [1.82, 2.24) is 5.32 Å². The molecule has 104 valence electrons. The van der Waals surface area contributed by atoms with Crippen molar-refractivity contribution in [2.75, 3.05) is 25.0 Å². The molecule has 1 heterocycles. The molecule has 0 bridgehead atoms. The van der Waals surface area contributed by atoms with Crippen LogP contribution in [0.25, 0.3) is 0 Å². The number of rotatable bonds is 6. The van der Waals surface area contributed by atoms with Crippen LogP contribution in [0.4, 0.5) is 5.69 Å². The van der Waals surface area contributed by atoms with Gasteiger partial charge in [0, 0.05) is 24.7 Å². The van der Waals surface area contributed by atoms with E-state index in [1.54, 1.807) is 0 Å². The molecule has 5 heteroatoms. The van der Waals surface area contributed by atoms with Crippen LogP contribution in [0.15, 0.2) is 24.3 Å². The van der Waals surface area contributed by atoms with Gasteiger partial charge in [-0.15, -0.1) is 0 Å². The second-order valence-electron chi connectivity index (χ2n) is 4.71. The summed E-state index contributed by atoms with van der Waals surface area (Å²) in [4.78, 5) is 11.8. The predicted molar refractivity (Wildman–Crippen MR) is 75.3 cm³/mol. The SMILES string of the molecule is NCCOc1ccc(NC(=O)CC2CCCN2)cc1. The lowest BCUT2D eigenvalue weighted by molar-refractivity contribution is -0.116. The van der Waals surface area contributed by atoms with Gasteiger partial charge in [-0.2, -0.15) is 0 Å². The lowest BCUT2D eigenvalue weighted by atomic mass is 10.1. The van der Waals surface area contributed by atoms with E-state index in [-0.39, 0.29) is 5.91 Å². The minimum Gasteiger partial charge on any atom is -0.492 e. The van der Waals surface area contributed by atoms with Gasteiger partial charge in [0.1, 0.15) is 12.4 Å². The zero-order valence-corrected chi connectivity index (χ0v) is 11.0. The topological polar surface area (TPSA) is 76.4 Å². The third kappa shape index (κ3) is 4.54. The summed E-state index contributed by atoms with van der Waals surface area (Å²) in [5, 5.41) is 6.21. The van der Waals surface area contributed by atoms with E-state index in [0.717, 1.165) is 30.8 Å². The van der Waals surface area contributed by atoms with Crippen molar-refractivity contribution in [3.05, 3.63) is 24.3 Å². The van der Waals surface area contributed by atoms with Gasteiger partial charge in [-0.3, -0.25) is 4.79 Å². The number of nitrogens with two attached hydrogens (primary N) is 1. The molecule has 4 N–H and O–H groups in total. The lowest BCUT2D eigenvalue weighted by Gasteiger charge is -2.11. The Bertz CT molecular complexity index is 400. The Morgan fingerprint density at radius 2 is 2.21 bits per heavy atom. The highest BCUT2D eigenvalue weighted by Gasteiger charge is 2.17. The molecular weight excluding hydrogens is 242 g/mol. The monoisotopic (exact) mass is 263 g/mol. The summed E-state index contributed by atoms with van der Waals surface area (Å²) < 4.78 is 5.38. The highest BCUT2D eigenvalue weighted by atomic mass is 16.5.